The van der Waals surface area contributed by atoms with Gasteiger partial charge in [-0.3, -0.25) is 4.79 Å². The Bertz CT molecular complexity index is 316. The maximum absolute atomic E-state index is 11.4. The van der Waals surface area contributed by atoms with Crippen molar-refractivity contribution in [3.8, 4) is 11.5 Å². The minimum Gasteiger partial charge on any atom is -0.497 e. The van der Waals surface area contributed by atoms with Crippen LogP contribution in [0.15, 0.2) is 24.3 Å². The van der Waals surface area contributed by atoms with Crippen LogP contribution < -0.4 is 9.47 Å². The summed E-state index contributed by atoms with van der Waals surface area (Å²) in [6, 6.07) is 6.97. The molecule has 3 nitrogen and oxygen atoms in total. The van der Waals surface area contributed by atoms with Gasteiger partial charge in [0.25, 0.3) is 0 Å². The van der Waals surface area contributed by atoms with Crippen LogP contribution in [-0.4, -0.2) is 13.1 Å². The van der Waals surface area contributed by atoms with Crippen molar-refractivity contribution in [3.05, 3.63) is 24.3 Å². The molecule has 0 fully saturated rings. The predicted octanol–water partition coefficient (Wildman–Crippen LogP) is 2.65. The maximum atomic E-state index is 11.4. The fourth-order valence-electron chi connectivity index (χ4n) is 1.03. The molecule has 0 aliphatic rings. The summed E-state index contributed by atoms with van der Waals surface area (Å²) in [5.74, 6) is 1.05. The number of ether oxygens (including phenoxy) is 2. The largest absolute Gasteiger partial charge is 0.497 e. The molecule has 1 rings (SSSR count). The van der Waals surface area contributed by atoms with Crippen LogP contribution in [0.25, 0.3) is 0 Å². The molecule has 1 aromatic carbocycles. The van der Waals surface area contributed by atoms with Crippen molar-refractivity contribution in [3.63, 3.8) is 0 Å². The van der Waals surface area contributed by atoms with E-state index in [2.05, 4.69) is 0 Å². The quantitative estimate of drug-likeness (QED) is 0.563. The number of carbonyl (C=O) groups is 1. The van der Waals surface area contributed by atoms with Crippen LogP contribution in [0.3, 0.4) is 0 Å². The van der Waals surface area contributed by atoms with E-state index in [0.29, 0.717) is 5.75 Å². The van der Waals surface area contributed by atoms with Crippen molar-refractivity contribution in [2.45, 2.75) is 20.3 Å². The standard InChI is InChI=1S/C12H16O3/c1-4-9(2)12(13)15-11-7-5-10(14-3)6-8-11/h5-9H,4H2,1-3H3. The van der Waals surface area contributed by atoms with Crippen LogP contribution in [0.2, 0.25) is 0 Å². The molecule has 0 aromatic heterocycles. The lowest BCUT2D eigenvalue weighted by molar-refractivity contribution is -0.138. The monoisotopic (exact) mass is 208 g/mol. The molecule has 0 saturated heterocycles. The Morgan fingerprint density at radius 2 is 1.80 bits per heavy atom. The minimum atomic E-state index is -0.192. The Balaban J connectivity index is 2.61. The van der Waals surface area contributed by atoms with Gasteiger partial charge in [-0.2, -0.15) is 0 Å². The summed E-state index contributed by atoms with van der Waals surface area (Å²) in [5, 5.41) is 0. The molecule has 82 valence electrons. The summed E-state index contributed by atoms with van der Waals surface area (Å²) in [7, 11) is 1.60. The molecule has 0 aliphatic heterocycles. The Morgan fingerprint density at radius 3 is 2.27 bits per heavy atom. The lowest BCUT2D eigenvalue weighted by Gasteiger charge is -2.08. The molecule has 0 saturated carbocycles. The van der Waals surface area contributed by atoms with Gasteiger partial charge in [-0.1, -0.05) is 13.8 Å². The van der Waals surface area contributed by atoms with Gasteiger partial charge >= 0.3 is 5.97 Å². The molecule has 1 aromatic rings. The highest BCUT2D eigenvalue weighted by Crippen LogP contribution is 2.18. The highest BCUT2D eigenvalue weighted by atomic mass is 16.5. The van der Waals surface area contributed by atoms with Crippen molar-refractivity contribution < 1.29 is 14.3 Å². The summed E-state index contributed by atoms with van der Waals surface area (Å²) in [6.07, 6.45) is 0.787. The van der Waals surface area contributed by atoms with Crippen molar-refractivity contribution in [1.82, 2.24) is 0 Å². The molecular formula is C12H16O3. The van der Waals surface area contributed by atoms with Gasteiger partial charge in [0.05, 0.1) is 13.0 Å². The Hall–Kier alpha value is -1.51. The van der Waals surface area contributed by atoms with Crippen molar-refractivity contribution in [1.29, 1.82) is 0 Å². The zero-order valence-electron chi connectivity index (χ0n) is 9.32. The second-order valence-electron chi connectivity index (χ2n) is 3.41. The molecule has 3 heteroatoms. The number of methoxy groups -OCH3 is 1. The number of benzene rings is 1. The van der Waals surface area contributed by atoms with Gasteiger partial charge in [0.2, 0.25) is 0 Å². The topological polar surface area (TPSA) is 35.5 Å². The van der Waals surface area contributed by atoms with Crippen LogP contribution in [0.5, 0.6) is 11.5 Å². The van der Waals surface area contributed by atoms with E-state index in [1.807, 2.05) is 13.8 Å². The van der Waals surface area contributed by atoms with Gasteiger partial charge < -0.3 is 9.47 Å². The van der Waals surface area contributed by atoms with Crippen molar-refractivity contribution in [2.24, 2.45) is 5.92 Å². The number of esters is 1. The Kier molecular flexibility index (Phi) is 4.16. The van der Waals surface area contributed by atoms with Crippen LogP contribution >= 0.6 is 0 Å². The molecule has 0 spiro atoms. The van der Waals surface area contributed by atoms with Gasteiger partial charge in [0.1, 0.15) is 11.5 Å². The second kappa shape index (κ2) is 5.39. The molecule has 0 heterocycles. The average Bonchev–Trinajstić information content (AvgIpc) is 2.29. The van der Waals surface area contributed by atoms with Crippen LogP contribution in [0.1, 0.15) is 20.3 Å². The number of hydrogen-bond acceptors (Lipinski definition) is 3. The minimum absolute atomic E-state index is 0.0629. The highest BCUT2D eigenvalue weighted by Gasteiger charge is 2.12. The summed E-state index contributed by atoms with van der Waals surface area (Å²) in [6.45, 7) is 3.81. The van der Waals surface area contributed by atoms with Crippen molar-refractivity contribution >= 4 is 5.97 Å². The fourth-order valence-corrected chi connectivity index (χ4v) is 1.03. The Labute approximate surface area is 90.0 Å². The Morgan fingerprint density at radius 1 is 1.27 bits per heavy atom. The normalized spacial score (nSPS) is 11.9. The van der Waals surface area contributed by atoms with Gasteiger partial charge in [0.15, 0.2) is 0 Å². The number of rotatable bonds is 4. The van der Waals surface area contributed by atoms with Gasteiger partial charge in [-0.15, -0.1) is 0 Å². The highest BCUT2D eigenvalue weighted by molar-refractivity contribution is 5.74. The molecule has 1 atom stereocenters. The molecule has 0 bridgehead atoms. The van der Waals surface area contributed by atoms with Gasteiger partial charge in [-0.25, -0.2) is 0 Å². The first kappa shape index (κ1) is 11.6. The van der Waals surface area contributed by atoms with E-state index in [1.165, 1.54) is 0 Å². The lowest BCUT2D eigenvalue weighted by atomic mass is 10.1. The van der Waals surface area contributed by atoms with Gasteiger partial charge in [-0.05, 0) is 30.7 Å². The SMILES string of the molecule is CCC(C)C(=O)Oc1ccc(OC)cc1. The molecule has 0 aliphatic carbocycles. The molecule has 0 radical (unpaired) electrons. The van der Waals surface area contributed by atoms with Gasteiger partial charge in [0, 0.05) is 0 Å². The summed E-state index contributed by atoms with van der Waals surface area (Å²) in [4.78, 5) is 11.4. The van der Waals surface area contributed by atoms with Crippen LogP contribution in [-0.2, 0) is 4.79 Å². The number of carbonyl (C=O) groups excluding carboxylic acids is 1. The lowest BCUT2D eigenvalue weighted by Crippen LogP contribution is -2.16. The molecule has 15 heavy (non-hydrogen) atoms. The van der Waals surface area contributed by atoms with E-state index in [9.17, 15) is 4.79 Å². The maximum Gasteiger partial charge on any atom is 0.314 e. The van der Waals surface area contributed by atoms with E-state index in [0.717, 1.165) is 12.2 Å². The third-order valence-electron chi connectivity index (χ3n) is 2.29. The van der Waals surface area contributed by atoms with E-state index < -0.39 is 0 Å². The molecule has 0 N–H and O–H groups in total. The zero-order chi connectivity index (χ0) is 11.3. The zero-order valence-corrected chi connectivity index (χ0v) is 9.32. The summed E-state index contributed by atoms with van der Waals surface area (Å²) < 4.78 is 10.2. The number of hydrogen-bond donors (Lipinski definition) is 0. The van der Waals surface area contributed by atoms with Crippen LogP contribution in [0, 0.1) is 5.92 Å². The average molecular weight is 208 g/mol. The van der Waals surface area contributed by atoms with E-state index in [-0.39, 0.29) is 11.9 Å². The molecular weight excluding hydrogens is 192 g/mol. The predicted molar refractivity (Wildman–Crippen MR) is 58.1 cm³/mol. The fraction of sp³-hybridized carbons (Fsp3) is 0.417. The third-order valence-corrected chi connectivity index (χ3v) is 2.29. The van der Waals surface area contributed by atoms with E-state index in [1.54, 1.807) is 31.4 Å². The molecule has 0 amide bonds. The first-order valence-corrected chi connectivity index (χ1v) is 5.03. The van der Waals surface area contributed by atoms with Crippen LogP contribution in [0.4, 0.5) is 0 Å². The first-order valence-electron chi connectivity index (χ1n) is 5.03. The third kappa shape index (κ3) is 3.27. The smallest absolute Gasteiger partial charge is 0.314 e. The van der Waals surface area contributed by atoms with Crippen molar-refractivity contribution in [2.75, 3.05) is 7.11 Å². The first-order chi connectivity index (χ1) is 7.17. The van der Waals surface area contributed by atoms with E-state index in [4.69, 9.17) is 9.47 Å². The summed E-state index contributed by atoms with van der Waals surface area (Å²) >= 11 is 0. The summed E-state index contributed by atoms with van der Waals surface area (Å²) in [5.41, 5.74) is 0. The van der Waals surface area contributed by atoms with E-state index >= 15 is 0 Å². The molecule has 1 unspecified atom stereocenters. The second-order valence-corrected chi connectivity index (χ2v) is 3.41.